The number of nitrogens with one attached hydrogen (secondary N) is 1. The second kappa shape index (κ2) is 8.77. The van der Waals surface area contributed by atoms with Crippen LogP contribution in [-0.2, 0) is 0 Å². The highest BCUT2D eigenvalue weighted by Gasteiger charge is 1.95. The van der Waals surface area contributed by atoms with Gasteiger partial charge in [-0.05, 0) is 56.3 Å². The molecule has 0 saturated heterocycles. The molecule has 0 spiro atoms. The molecule has 1 heterocycles. The second-order valence-electron chi connectivity index (χ2n) is 5.31. The van der Waals surface area contributed by atoms with Gasteiger partial charge in [-0.1, -0.05) is 24.0 Å². The van der Waals surface area contributed by atoms with Crippen molar-refractivity contribution < 1.29 is 4.74 Å². The average molecular weight is 306 g/mol. The molecule has 3 heteroatoms. The highest BCUT2D eigenvalue weighted by atomic mass is 16.5. The first-order chi connectivity index (χ1) is 11.2. The van der Waals surface area contributed by atoms with Crippen LogP contribution >= 0.6 is 0 Å². The van der Waals surface area contributed by atoms with Gasteiger partial charge in [0.25, 0.3) is 0 Å². The van der Waals surface area contributed by atoms with Gasteiger partial charge in [0.05, 0.1) is 7.11 Å². The summed E-state index contributed by atoms with van der Waals surface area (Å²) < 4.78 is 5.14. The third-order valence-corrected chi connectivity index (χ3v) is 3.49. The molecule has 1 unspecified atom stereocenters. The van der Waals surface area contributed by atoms with Crippen molar-refractivity contribution in [3.8, 4) is 17.6 Å². The van der Waals surface area contributed by atoms with Gasteiger partial charge in [-0.15, -0.1) is 0 Å². The fourth-order valence-electron chi connectivity index (χ4n) is 1.96. The van der Waals surface area contributed by atoms with Crippen molar-refractivity contribution in [2.24, 2.45) is 0 Å². The fourth-order valence-corrected chi connectivity index (χ4v) is 1.96. The van der Waals surface area contributed by atoms with Gasteiger partial charge >= 0.3 is 0 Å². The van der Waals surface area contributed by atoms with E-state index in [4.69, 9.17) is 4.74 Å². The van der Waals surface area contributed by atoms with Gasteiger partial charge in [0.15, 0.2) is 0 Å². The summed E-state index contributed by atoms with van der Waals surface area (Å²) in [6.45, 7) is 2.15. The first-order valence-corrected chi connectivity index (χ1v) is 7.66. The molecule has 1 aromatic carbocycles. The minimum absolute atomic E-state index is 0.470. The lowest BCUT2D eigenvalue weighted by molar-refractivity contribution is 0.415. The lowest BCUT2D eigenvalue weighted by Gasteiger charge is -2.04. The molecule has 2 rings (SSSR count). The molecule has 0 fully saturated rings. The van der Waals surface area contributed by atoms with Crippen molar-refractivity contribution in [1.29, 1.82) is 0 Å². The maximum atomic E-state index is 5.14. The SMILES string of the molecule is CNC(C)CC=Cc1cncc(C#Cc2ccc(OC)cc2)c1. The molecule has 0 amide bonds. The van der Waals surface area contributed by atoms with Crippen LogP contribution in [0.4, 0.5) is 0 Å². The summed E-state index contributed by atoms with van der Waals surface area (Å²) in [5.41, 5.74) is 2.93. The molecule has 0 aliphatic heterocycles. The van der Waals surface area contributed by atoms with E-state index in [-0.39, 0.29) is 0 Å². The monoisotopic (exact) mass is 306 g/mol. The molecule has 1 aromatic heterocycles. The molecule has 0 aliphatic rings. The molecule has 0 saturated carbocycles. The van der Waals surface area contributed by atoms with Crippen LogP contribution in [0.2, 0.25) is 0 Å². The summed E-state index contributed by atoms with van der Waals surface area (Å²) in [7, 11) is 3.62. The summed E-state index contributed by atoms with van der Waals surface area (Å²) >= 11 is 0. The van der Waals surface area contributed by atoms with E-state index in [2.05, 4.69) is 41.2 Å². The van der Waals surface area contributed by atoms with Crippen LogP contribution in [0, 0.1) is 11.8 Å². The van der Waals surface area contributed by atoms with Gasteiger partial charge < -0.3 is 10.1 Å². The molecule has 2 aromatic rings. The largest absolute Gasteiger partial charge is 0.497 e. The van der Waals surface area contributed by atoms with Gasteiger partial charge in [-0.3, -0.25) is 4.98 Å². The minimum atomic E-state index is 0.470. The van der Waals surface area contributed by atoms with Crippen LogP contribution in [0.25, 0.3) is 6.08 Å². The number of nitrogens with zero attached hydrogens (tertiary/aromatic N) is 1. The van der Waals surface area contributed by atoms with Crippen LogP contribution in [0.3, 0.4) is 0 Å². The Kier molecular flexibility index (Phi) is 6.40. The van der Waals surface area contributed by atoms with E-state index in [1.165, 1.54) is 0 Å². The van der Waals surface area contributed by atoms with Crippen molar-refractivity contribution in [2.75, 3.05) is 14.2 Å². The van der Waals surface area contributed by atoms with Crippen molar-refractivity contribution in [2.45, 2.75) is 19.4 Å². The Labute approximate surface area is 138 Å². The van der Waals surface area contributed by atoms with Crippen molar-refractivity contribution in [3.05, 3.63) is 65.5 Å². The van der Waals surface area contributed by atoms with Crippen molar-refractivity contribution in [3.63, 3.8) is 0 Å². The predicted octanol–water partition coefficient (Wildman–Crippen LogP) is 3.50. The number of benzene rings is 1. The summed E-state index contributed by atoms with van der Waals surface area (Å²) in [6.07, 6.45) is 8.85. The normalized spacial score (nSPS) is 11.8. The average Bonchev–Trinajstić information content (AvgIpc) is 2.60. The fraction of sp³-hybridized carbons (Fsp3) is 0.250. The summed E-state index contributed by atoms with van der Waals surface area (Å²) in [6, 6.07) is 10.2. The predicted molar refractivity (Wildman–Crippen MR) is 95.4 cm³/mol. The quantitative estimate of drug-likeness (QED) is 0.859. The number of ether oxygens (including phenoxy) is 1. The van der Waals surface area contributed by atoms with Gasteiger partial charge in [0, 0.05) is 29.6 Å². The summed E-state index contributed by atoms with van der Waals surface area (Å²) in [5, 5.41) is 3.21. The van der Waals surface area contributed by atoms with Gasteiger partial charge in [0.1, 0.15) is 5.75 Å². The topological polar surface area (TPSA) is 34.2 Å². The van der Waals surface area contributed by atoms with E-state index in [0.717, 1.165) is 28.9 Å². The molecule has 118 valence electrons. The van der Waals surface area contributed by atoms with Crippen molar-refractivity contribution in [1.82, 2.24) is 10.3 Å². The maximum Gasteiger partial charge on any atom is 0.118 e. The number of methoxy groups -OCH3 is 1. The first kappa shape index (κ1) is 16.8. The third kappa shape index (κ3) is 5.61. The van der Waals surface area contributed by atoms with E-state index in [9.17, 15) is 0 Å². The highest BCUT2D eigenvalue weighted by molar-refractivity contribution is 5.52. The number of aromatic nitrogens is 1. The lowest BCUT2D eigenvalue weighted by atomic mass is 10.1. The van der Waals surface area contributed by atoms with Gasteiger partial charge in [-0.2, -0.15) is 0 Å². The number of rotatable bonds is 5. The standard InChI is InChI=1S/C20H22N2O/c1-16(21-2)5-4-6-18-13-19(15-22-14-18)8-7-17-9-11-20(23-3)12-10-17/h4,6,9-16,21H,5H2,1-3H3. The van der Waals surface area contributed by atoms with E-state index in [1.54, 1.807) is 13.3 Å². The van der Waals surface area contributed by atoms with Crippen LogP contribution in [0.5, 0.6) is 5.75 Å². The second-order valence-corrected chi connectivity index (χ2v) is 5.31. The first-order valence-electron chi connectivity index (χ1n) is 7.66. The zero-order valence-electron chi connectivity index (χ0n) is 13.8. The lowest BCUT2D eigenvalue weighted by Crippen LogP contribution is -2.19. The Balaban J connectivity index is 2.06. The minimum Gasteiger partial charge on any atom is -0.497 e. The van der Waals surface area contributed by atoms with Crippen LogP contribution in [0.15, 0.2) is 48.8 Å². The maximum absolute atomic E-state index is 5.14. The van der Waals surface area contributed by atoms with Crippen molar-refractivity contribution >= 4 is 6.08 Å². The van der Waals surface area contributed by atoms with Crippen LogP contribution < -0.4 is 10.1 Å². The molecular formula is C20H22N2O. The Morgan fingerprint density at radius 1 is 1.17 bits per heavy atom. The number of pyridine rings is 1. The molecule has 0 bridgehead atoms. The Morgan fingerprint density at radius 3 is 2.61 bits per heavy atom. The van der Waals surface area contributed by atoms with Crippen LogP contribution in [-0.4, -0.2) is 25.2 Å². The zero-order valence-corrected chi connectivity index (χ0v) is 13.8. The van der Waals surface area contributed by atoms with Gasteiger partial charge in [-0.25, -0.2) is 0 Å². The molecule has 3 nitrogen and oxygen atoms in total. The molecular weight excluding hydrogens is 284 g/mol. The molecule has 0 radical (unpaired) electrons. The Hall–Kier alpha value is -2.57. The zero-order chi connectivity index (χ0) is 16.5. The molecule has 23 heavy (non-hydrogen) atoms. The molecule has 1 N–H and O–H groups in total. The molecule has 1 atom stereocenters. The van der Waals surface area contributed by atoms with E-state index < -0.39 is 0 Å². The Bertz CT molecular complexity index is 708. The van der Waals surface area contributed by atoms with E-state index in [0.29, 0.717) is 6.04 Å². The number of hydrogen-bond donors (Lipinski definition) is 1. The van der Waals surface area contributed by atoms with Gasteiger partial charge in [0.2, 0.25) is 0 Å². The third-order valence-electron chi connectivity index (χ3n) is 3.49. The summed E-state index contributed by atoms with van der Waals surface area (Å²) in [5.74, 6) is 7.13. The number of hydrogen-bond acceptors (Lipinski definition) is 3. The van der Waals surface area contributed by atoms with E-state index >= 15 is 0 Å². The Morgan fingerprint density at radius 2 is 1.91 bits per heavy atom. The molecule has 0 aliphatic carbocycles. The van der Waals surface area contributed by atoms with Crippen LogP contribution in [0.1, 0.15) is 30.0 Å². The smallest absolute Gasteiger partial charge is 0.118 e. The van der Waals surface area contributed by atoms with E-state index in [1.807, 2.05) is 43.6 Å². The summed E-state index contributed by atoms with van der Waals surface area (Å²) in [4.78, 5) is 4.25. The highest BCUT2D eigenvalue weighted by Crippen LogP contribution is 2.11.